The van der Waals surface area contributed by atoms with E-state index in [1.54, 1.807) is 12.1 Å². The molecule has 1 aliphatic rings. The molecule has 0 bridgehead atoms. The van der Waals surface area contributed by atoms with Crippen molar-refractivity contribution < 1.29 is 8.42 Å². The van der Waals surface area contributed by atoms with E-state index in [1.807, 2.05) is 18.2 Å². The summed E-state index contributed by atoms with van der Waals surface area (Å²) >= 11 is 6.01. The van der Waals surface area contributed by atoms with Gasteiger partial charge in [0.2, 0.25) is 10.0 Å². The van der Waals surface area contributed by atoms with Crippen LogP contribution >= 0.6 is 11.6 Å². The molecule has 0 saturated heterocycles. The van der Waals surface area contributed by atoms with Crippen molar-refractivity contribution in [3.8, 4) is 0 Å². The number of anilines is 1. The Labute approximate surface area is 134 Å². The van der Waals surface area contributed by atoms with E-state index in [-0.39, 0.29) is 10.9 Å². The van der Waals surface area contributed by atoms with Gasteiger partial charge >= 0.3 is 0 Å². The molecule has 1 aromatic carbocycles. The Bertz CT molecular complexity index is 791. The van der Waals surface area contributed by atoms with Crippen LogP contribution in [0.15, 0.2) is 41.4 Å². The number of aromatic nitrogens is 1. The predicted molar refractivity (Wildman–Crippen MR) is 86.6 cm³/mol. The number of rotatable bonds is 4. The number of fused-ring (bicyclic) bond motifs is 1. The van der Waals surface area contributed by atoms with Gasteiger partial charge in [0.1, 0.15) is 10.7 Å². The molecule has 5 nitrogen and oxygen atoms in total. The normalized spacial score (nSPS) is 17.3. The first kappa shape index (κ1) is 15.3. The third-order valence-corrected chi connectivity index (χ3v) is 5.45. The van der Waals surface area contributed by atoms with Gasteiger partial charge < -0.3 is 5.32 Å². The van der Waals surface area contributed by atoms with Crippen LogP contribution in [-0.2, 0) is 16.4 Å². The molecule has 2 aromatic rings. The summed E-state index contributed by atoms with van der Waals surface area (Å²) in [6, 6.07) is 9.30. The molecule has 7 heteroatoms. The molecule has 22 heavy (non-hydrogen) atoms. The number of halogens is 1. The van der Waals surface area contributed by atoms with Crippen molar-refractivity contribution in [3.63, 3.8) is 0 Å². The third-order valence-electron chi connectivity index (χ3n) is 3.82. The van der Waals surface area contributed by atoms with Gasteiger partial charge in [0.25, 0.3) is 0 Å². The standard InChI is InChI=1S/C15H16ClN3O2S/c1-17-22(20,21)12-4-7-15(18-9-12)19-14-6-2-10-8-11(16)3-5-13(10)14/h3-5,7-9,14,17H,2,6H2,1H3,(H,18,19). The highest BCUT2D eigenvalue weighted by molar-refractivity contribution is 7.89. The molecule has 0 amide bonds. The number of aryl methyl sites for hydroxylation is 1. The van der Waals surface area contributed by atoms with E-state index in [0.717, 1.165) is 17.9 Å². The van der Waals surface area contributed by atoms with E-state index in [4.69, 9.17) is 11.6 Å². The molecule has 0 saturated carbocycles. The second kappa shape index (κ2) is 5.87. The lowest BCUT2D eigenvalue weighted by Crippen LogP contribution is -2.18. The largest absolute Gasteiger partial charge is 0.363 e. The van der Waals surface area contributed by atoms with Crippen molar-refractivity contribution in [2.45, 2.75) is 23.8 Å². The summed E-state index contributed by atoms with van der Waals surface area (Å²) in [6.45, 7) is 0. The average molecular weight is 338 g/mol. The zero-order valence-electron chi connectivity index (χ0n) is 12.0. The SMILES string of the molecule is CNS(=O)(=O)c1ccc(NC2CCc3cc(Cl)ccc32)nc1. The maximum atomic E-state index is 11.7. The van der Waals surface area contributed by atoms with Crippen molar-refractivity contribution in [2.75, 3.05) is 12.4 Å². The van der Waals surface area contributed by atoms with E-state index in [1.165, 1.54) is 24.4 Å². The molecule has 116 valence electrons. The Balaban J connectivity index is 1.78. The fourth-order valence-corrected chi connectivity index (χ4v) is 3.53. The average Bonchev–Trinajstić information content (AvgIpc) is 2.90. The van der Waals surface area contributed by atoms with E-state index in [2.05, 4.69) is 15.0 Å². The van der Waals surface area contributed by atoms with Crippen molar-refractivity contribution >= 4 is 27.4 Å². The topological polar surface area (TPSA) is 71.1 Å². The second-order valence-electron chi connectivity index (χ2n) is 5.17. The van der Waals surface area contributed by atoms with Gasteiger partial charge in [-0.2, -0.15) is 0 Å². The molecule has 0 spiro atoms. The van der Waals surface area contributed by atoms with E-state index >= 15 is 0 Å². The van der Waals surface area contributed by atoms with Gasteiger partial charge in [-0.25, -0.2) is 18.1 Å². The number of nitrogens with one attached hydrogen (secondary N) is 2. The summed E-state index contributed by atoms with van der Waals surface area (Å²) in [5.41, 5.74) is 2.47. The first-order valence-corrected chi connectivity index (χ1v) is 8.80. The van der Waals surface area contributed by atoms with Crippen LogP contribution in [-0.4, -0.2) is 20.4 Å². The number of hydrogen-bond acceptors (Lipinski definition) is 4. The first-order chi connectivity index (χ1) is 10.5. The summed E-state index contributed by atoms with van der Waals surface area (Å²) in [5, 5.41) is 4.09. The smallest absolute Gasteiger partial charge is 0.241 e. The number of nitrogens with zero attached hydrogens (tertiary/aromatic N) is 1. The first-order valence-electron chi connectivity index (χ1n) is 6.94. The van der Waals surface area contributed by atoms with Gasteiger partial charge in [-0.3, -0.25) is 0 Å². The van der Waals surface area contributed by atoms with Crippen LogP contribution < -0.4 is 10.0 Å². The van der Waals surface area contributed by atoms with Crippen molar-refractivity contribution in [1.82, 2.24) is 9.71 Å². The van der Waals surface area contributed by atoms with Crippen LogP contribution in [0.5, 0.6) is 0 Å². The number of sulfonamides is 1. The van der Waals surface area contributed by atoms with Crippen molar-refractivity contribution in [3.05, 3.63) is 52.7 Å². The lowest BCUT2D eigenvalue weighted by atomic mass is 10.1. The quantitative estimate of drug-likeness (QED) is 0.900. The fourth-order valence-electron chi connectivity index (χ4n) is 2.66. The minimum atomic E-state index is -3.45. The van der Waals surface area contributed by atoms with Gasteiger partial charge in [-0.1, -0.05) is 17.7 Å². The summed E-state index contributed by atoms with van der Waals surface area (Å²) in [4.78, 5) is 4.34. The van der Waals surface area contributed by atoms with E-state index < -0.39 is 10.0 Å². The van der Waals surface area contributed by atoms with Crippen LogP contribution in [0, 0.1) is 0 Å². The fraction of sp³-hybridized carbons (Fsp3) is 0.267. The highest BCUT2D eigenvalue weighted by atomic mass is 35.5. The number of benzene rings is 1. The van der Waals surface area contributed by atoms with Gasteiger partial charge in [-0.05, 0) is 55.3 Å². The summed E-state index contributed by atoms with van der Waals surface area (Å²) in [7, 11) is -2.07. The zero-order valence-corrected chi connectivity index (χ0v) is 13.6. The maximum absolute atomic E-state index is 11.7. The maximum Gasteiger partial charge on any atom is 0.241 e. The van der Waals surface area contributed by atoms with Gasteiger partial charge in [-0.15, -0.1) is 0 Å². The number of pyridine rings is 1. The summed E-state index contributed by atoms with van der Waals surface area (Å²) in [5.74, 6) is 0.655. The molecule has 0 fully saturated rings. The van der Waals surface area contributed by atoms with Gasteiger partial charge in [0.15, 0.2) is 0 Å². The molecule has 1 aromatic heterocycles. The monoisotopic (exact) mass is 337 g/mol. The minimum absolute atomic E-state index is 0.152. The van der Waals surface area contributed by atoms with Gasteiger partial charge in [0, 0.05) is 11.2 Å². The van der Waals surface area contributed by atoms with Crippen LogP contribution in [0.2, 0.25) is 5.02 Å². The molecular formula is C15H16ClN3O2S. The van der Waals surface area contributed by atoms with Crippen LogP contribution in [0.4, 0.5) is 5.82 Å². The Morgan fingerprint density at radius 3 is 2.77 bits per heavy atom. The van der Waals surface area contributed by atoms with E-state index in [0.29, 0.717) is 5.82 Å². The zero-order chi connectivity index (χ0) is 15.7. The summed E-state index contributed by atoms with van der Waals surface area (Å²) in [6.07, 6.45) is 3.29. The highest BCUT2D eigenvalue weighted by Crippen LogP contribution is 2.34. The molecule has 1 unspecified atom stereocenters. The van der Waals surface area contributed by atoms with Crippen molar-refractivity contribution in [1.29, 1.82) is 0 Å². The lowest BCUT2D eigenvalue weighted by Gasteiger charge is -2.15. The third kappa shape index (κ3) is 2.95. The molecule has 1 aliphatic carbocycles. The Morgan fingerprint density at radius 2 is 2.09 bits per heavy atom. The lowest BCUT2D eigenvalue weighted by molar-refractivity contribution is 0.588. The minimum Gasteiger partial charge on any atom is -0.363 e. The molecule has 1 heterocycles. The van der Waals surface area contributed by atoms with Crippen molar-refractivity contribution in [2.24, 2.45) is 0 Å². The molecule has 2 N–H and O–H groups in total. The van der Waals surface area contributed by atoms with Crippen LogP contribution in [0.25, 0.3) is 0 Å². The number of hydrogen-bond donors (Lipinski definition) is 2. The molecular weight excluding hydrogens is 322 g/mol. The Morgan fingerprint density at radius 1 is 1.27 bits per heavy atom. The summed E-state index contributed by atoms with van der Waals surface area (Å²) < 4.78 is 25.6. The van der Waals surface area contributed by atoms with E-state index in [9.17, 15) is 8.42 Å². The van der Waals surface area contributed by atoms with Crippen LogP contribution in [0.1, 0.15) is 23.6 Å². The molecule has 0 radical (unpaired) electrons. The van der Waals surface area contributed by atoms with Crippen LogP contribution in [0.3, 0.4) is 0 Å². The molecule has 1 atom stereocenters. The Kier molecular flexibility index (Phi) is 4.08. The highest BCUT2D eigenvalue weighted by Gasteiger charge is 2.22. The predicted octanol–water partition coefficient (Wildman–Crippen LogP) is 2.74. The molecule has 3 rings (SSSR count). The Hall–Kier alpha value is -1.63. The molecule has 0 aliphatic heterocycles. The van der Waals surface area contributed by atoms with Gasteiger partial charge in [0.05, 0.1) is 6.04 Å². The second-order valence-corrected chi connectivity index (χ2v) is 7.49.